The van der Waals surface area contributed by atoms with E-state index >= 15 is 0 Å². The van der Waals surface area contributed by atoms with Gasteiger partial charge in [0.25, 0.3) is 0 Å². The number of Topliss-reactive ketones (excluding diaryl/α,β-unsaturated/α-hetero) is 2. The molecule has 7 heteroatoms. The lowest BCUT2D eigenvalue weighted by molar-refractivity contribution is -0.126. The number of ketones is 2. The minimum Gasteiger partial charge on any atom is -0.381 e. The molecule has 0 radical (unpaired) electrons. The molecule has 7 nitrogen and oxygen atoms in total. The van der Waals surface area contributed by atoms with Crippen LogP contribution < -0.4 is 10.6 Å². The molecule has 0 bridgehead atoms. The summed E-state index contributed by atoms with van der Waals surface area (Å²) in [7, 11) is 0. The van der Waals surface area contributed by atoms with Gasteiger partial charge in [-0.15, -0.1) is 6.42 Å². The van der Waals surface area contributed by atoms with Crippen LogP contribution in [-0.4, -0.2) is 49.7 Å². The fourth-order valence-corrected chi connectivity index (χ4v) is 6.04. The van der Waals surface area contributed by atoms with E-state index in [2.05, 4.69) is 295 Å². The first-order valence-corrected chi connectivity index (χ1v) is 28.8. The monoisotopic (exact) mass is 1150 g/mol. The molecule has 0 aromatic heterocycles. The minimum absolute atomic E-state index is 0.0129. The number of terminal acetylenes is 1. The Hall–Kier alpha value is -7.92. The summed E-state index contributed by atoms with van der Waals surface area (Å²) in [4.78, 5) is 46.2. The van der Waals surface area contributed by atoms with Gasteiger partial charge in [-0.25, -0.2) is 0 Å². The van der Waals surface area contributed by atoms with Crippen molar-refractivity contribution in [2.45, 2.75) is 231 Å². The molecule has 0 aliphatic carbocycles. The Bertz CT molecular complexity index is 2930. The Labute approximate surface area is 522 Å². The van der Waals surface area contributed by atoms with Gasteiger partial charge in [-0.2, -0.15) is 0 Å². The lowest BCUT2D eigenvalue weighted by Gasteiger charge is -2.28. The molecule has 0 aliphatic rings. The summed E-state index contributed by atoms with van der Waals surface area (Å²) in [5.41, 5.74) is 1.98. The highest BCUT2D eigenvalue weighted by Crippen LogP contribution is 2.32. The standard InChI is InChI=1S/C29H4.2C14H27NO2.C12H26O.C9H20/c1-3-5-7-9-11-13-15-17-19-21-23-25-27-29-28-26-24-22-20-18-16-14-12-10-8-6-4-2;2*1-13(2,3)9-11(16)7-8-12(17)15-10-14(4,5)6;1-11(2,3)7-9-13-10-8-12(4,5)6;1-8(2,3)7-9(4,5)6/h1H,2H3;2*7-10H2,1-6H3,(H,15,17);7-10H2,1-6H3;7H2,1-6H3. The molecule has 85 heavy (non-hydrogen) atoms. The van der Waals surface area contributed by atoms with Gasteiger partial charge in [-0.05, 0) is 164 Å². The van der Waals surface area contributed by atoms with Crippen molar-refractivity contribution in [3.63, 3.8) is 0 Å². The molecule has 0 spiro atoms. The molecule has 0 fully saturated rings. The number of rotatable bonds is 14. The van der Waals surface area contributed by atoms with Crippen molar-refractivity contribution in [3.8, 4) is 166 Å². The lowest BCUT2D eigenvalue weighted by Crippen LogP contribution is -2.32. The molecule has 0 heterocycles. The number of hydrogen-bond acceptors (Lipinski definition) is 5. The molecule has 456 valence electrons. The summed E-state index contributed by atoms with van der Waals surface area (Å²) >= 11 is 0. The van der Waals surface area contributed by atoms with Crippen molar-refractivity contribution >= 4 is 23.4 Å². The predicted octanol–water partition coefficient (Wildman–Crippen LogP) is 13.9. The minimum atomic E-state index is -0.0258. The summed E-state index contributed by atoms with van der Waals surface area (Å²) in [6, 6.07) is 0. The molecule has 2 N–H and O–H groups in total. The van der Waals surface area contributed by atoms with Gasteiger partial charge in [-0.1, -0.05) is 172 Å². The number of amides is 2. The van der Waals surface area contributed by atoms with E-state index in [-0.39, 0.29) is 45.0 Å². The smallest absolute Gasteiger partial charge is 0.220 e. The zero-order valence-corrected chi connectivity index (χ0v) is 57.3. The van der Waals surface area contributed by atoms with Crippen molar-refractivity contribution in [2.24, 2.45) is 43.3 Å². The van der Waals surface area contributed by atoms with Crippen molar-refractivity contribution in [1.29, 1.82) is 0 Å². The summed E-state index contributed by atoms with van der Waals surface area (Å²) in [5.74, 6) is 67.2. The third kappa shape index (κ3) is 95.6. The van der Waals surface area contributed by atoms with Crippen LogP contribution in [0.2, 0.25) is 0 Å². The molecular formula is C78H104N2O5. The van der Waals surface area contributed by atoms with Crippen LogP contribution in [0.3, 0.4) is 0 Å². The number of carbonyl (C=O) groups is 4. The van der Waals surface area contributed by atoms with Crippen molar-refractivity contribution in [3.05, 3.63) is 0 Å². The summed E-state index contributed by atoms with van der Waals surface area (Å²) < 4.78 is 5.59. The van der Waals surface area contributed by atoms with E-state index in [1.807, 2.05) is 41.5 Å². The first kappa shape index (κ1) is 85.9. The average Bonchev–Trinajstić information content (AvgIpc) is 3.34. The van der Waals surface area contributed by atoms with E-state index in [1.54, 1.807) is 6.92 Å². The van der Waals surface area contributed by atoms with Gasteiger partial charge in [0.15, 0.2) is 0 Å². The summed E-state index contributed by atoms with van der Waals surface area (Å²) in [6.45, 7) is 56.6. The molecule has 0 atom stereocenters. The van der Waals surface area contributed by atoms with E-state index in [1.165, 1.54) is 6.42 Å². The number of carbonyl (C=O) groups excluding carboxylic acids is 4. The third-order valence-electron chi connectivity index (χ3n) is 9.10. The fourth-order valence-electron chi connectivity index (χ4n) is 6.04. The molecule has 0 aromatic carbocycles. The van der Waals surface area contributed by atoms with E-state index < -0.39 is 0 Å². The molecule has 0 saturated carbocycles. The highest BCUT2D eigenvalue weighted by molar-refractivity contribution is 5.86. The maximum absolute atomic E-state index is 11.6. The Morgan fingerprint density at radius 1 is 0.318 bits per heavy atom. The second-order valence-corrected chi connectivity index (χ2v) is 29.3. The topological polar surface area (TPSA) is 102 Å². The van der Waals surface area contributed by atoms with Gasteiger partial charge in [-0.3, -0.25) is 19.2 Å². The SMILES string of the molecule is C#CC#CC#CC#CC#CC#CC#CC#CC#CC#CC#CC#CC#CC#CC.CC(C)(C)CC(C)(C)C.CC(C)(C)CCOCCC(C)(C)C.CC(C)(C)CNC(=O)CCC(=O)CC(C)(C)C.CC(C)(C)CNC(=O)CCC(=O)CC(C)(C)C. The quantitative estimate of drug-likeness (QED) is 0.133. The maximum atomic E-state index is 11.6. The molecule has 0 unspecified atom stereocenters. The third-order valence-corrected chi connectivity index (χ3v) is 9.10. The highest BCUT2D eigenvalue weighted by atomic mass is 16.5. The average molecular weight is 1150 g/mol. The Morgan fingerprint density at radius 2 is 0.553 bits per heavy atom. The van der Waals surface area contributed by atoms with Gasteiger partial charge < -0.3 is 15.4 Å². The van der Waals surface area contributed by atoms with E-state index in [0.29, 0.717) is 73.3 Å². The zero-order chi connectivity index (χ0) is 66.7. The first-order chi connectivity index (χ1) is 38.8. The second kappa shape index (κ2) is 47.4. The molecule has 0 saturated heterocycles. The number of hydrogen-bond donors (Lipinski definition) is 2. The van der Waals surface area contributed by atoms with Crippen LogP contribution in [0.15, 0.2) is 0 Å². The highest BCUT2D eigenvalue weighted by Gasteiger charge is 2.21. The van der Waals surface area contributed by atoms with Crippen LogP contribution in [0, 0.1) is 210 Å². The summed E-state index contributed by atoms with van der Waals surface area (Å²) in [5, 5.41) is 5.70. The Kier molecular flexibility index (Phi) is 47.9. The predicted molar refractivity (Wildman–Crippen MR) is 360 cm³/mol. The maximum Gasteiger partial charge on any atom is 0.220 e. The van der Waals surface area contributed by atoms with Crippen LogP contribution in [0.4, 0.5) is 0 Å². The Morgan fingerprint density at radius 3 is 0.729 bits per heavy atom. The molecule has 0 aromatic rings. The summed E-state index contributed by atoms with van der Waals surface area (Å²) in [6.07, 6.45) is 10.9. The fraction of sp³-hybridized carbons (Fsp3) is 0.590. The van der Waals surface area contributed by atoms with Gasteiger partial charge in [0.1, 0.15) is 11.6 Å². The second-order valence-electron chi connectivity index (χ2n) is 29.3. The van der Waals surface area contributed by atoms with Crippen molar-refractivity contribution in [1.82, 2.24) is 10.6 Å². The Balaban J connectivity index is -0.000000331. The van der Waals surface area contributed by atoms with E-state index in [0.717, 1.165) is 26.1 Å². The largest absolute Gasteiger partial charge is 0.381 e. The van der Waals surface area contributed by atoms with Crippen molar-refractivity contribution < 1.29 is 23.9 Å². The van der Waals surface area contributed by atoms with Gasteiger partial charge in [0.2, 0.25) is 11.8 Å². The van der Waals surface area contributed by atoms with Gasteiger partial charge in [0, 0.05) is 124 Å². The van der Waals surface area contributed by atoms with Crippen LogP contribution in [-0.2, 0) is 23.9 Å². The first-order valence-electron chi connectivity index (χ1n) is 28.8. The van der Waals surface area contributed by atoms with E-state index in [4.69, 9.17) is 11.2 Å². The number of nitrogens with one attached hydrogen (secondary N) is 2. The van der Waals surface area contributed by atoms with Crippen molar-refractivity contribution in [2.75, 3.05) is 26.3 Å². The molecule has 0 rings (SSSR count). The normalized spacial score (nSPS) is 9.79. The van der Waals surface area contributed by atoms with Gasteiger partial charge >= 0.3 is 0 Å². The van der Waals surface area contributed by atoms with E-state index in [9.17, 15) is 19.2 Å². The number of ether oxygens (including phenoxy) is 1. The lowest BCUT2D eigenvalue weighted by atomic mass is 9.78. The zero-order valence-electron chi connectivity index (χ0n) is 57.3. The van der Waals surface area contributed by atoms with Crippen LogP contribution in [0.5, 0.6) is 0 Å². The van der Waals surface area contributed by atoms with Gasteiger partial charge in [0.05, 0.1) is 0 Å². The molecular weight excluding hydrogens is 1040 g/mol. The van der Waals surface area contributed by atoms with Crippen LogP contribution in [0.1, 0.15) is 231 Å². The molecule has 2 amide bonds. The van der Waals surface area contributed by atoms with Crippen LogP contribution in [0.25, 0.3) is 0 Å². The van der Waals surface area contributed by atoms with Crippen LogP contribution >= 0.6 is 0 Å². The molecule has 0 aliphatic heterocycles.